The monoisotopic (exact) mass is 425 g/mol. The molecule has 0 spiro atoms. The lowest BCUT2D eigenvalue weighted by Crippen LogP contribution is -2.49. The van der Waals surface area contributed by atoms with Gasteiger partial charge in [0, 0.05) is 49.2 Å². The van der Waals surface area contributed by atoms with Crippen molar-refractivity contribution in [2.75, 3.05) is 19.6 Å². The van der Waals surface area contributed by atoms with Crippen LogP contribution in [0.2, 0.25) is 0 Å². The zero-order valence-corrected chi connectivity index (χ0v) is 18.6. The predicted octanol–water partition coefficient (Wildman–Crippen LogP) is 4.50. The molecule has 0 bridgehead atoms. The second kappa shape index (κ2) is 8.67. The molecule has 0 unspecified atom stereocenters. The molecular weight excluding hydrogens is 394 g/mol. The maximum atomic E-state index is 11.7. The molecule has 1 aromatic heterocycles. The summed E-state index contributed by atoms with van der Waals surface area (Å²) < 4.78 is 6.23. The highest BCUT2D eigenvalue weighted by molar-refractivity contribution is 7.15. The van der Waals surface area contributed by atoms with Crippen LogP contribution < -0.4 is 4.74 Å². The fourth-order valence-electron chi connectivity index (χ4n) is 4.85. The van der Waals surface area contributed by atoms with Crippen LogP contribution in [0, 0.1) is 0 Å². The van der Waals surface area contributed by atoms with Gasteiger partial charge < -0.3 is 14.5 Å². The number of carbonyl (C=O) groups is 1. The summed E-state index contributed by atoms with van der Waals surface area (Å²) in [5.74, 6) is 1.10. The maximum Gasteiger partial charge on any atom is 0.219 e. The number of hydrogen-bond acceptors (Lipinski definition) is 5. The minimum atomic E-state index is 0.145. The van der Waals surface area contributed by atoms with Crippen molar-refractivity contribution in [1.29, 1.82) is 0 Å². The van der Waals surface area contributed by atoms with Gasteiger partial charge >= 0.3 is 0 Å². The third-order valence-electron chi connectivity index (χ3n) is 6.81. The molecule has 0 radical (unpaired) electrons. The highest BCUT2D eigenvalue weighted by Gasteiger charge is 2.35. The summed E-state index contributed by atoms with van der Waals surface area (Å²) in [6.07, 6.45) is 9.04. The third-order valence-corrected chi connectivity index (χ3v) is 7.94. The van der Waals surface area contributed by atoms with Crippen molar-refractivity contribution in [2.24, 2.45) is 0 Å². The second-order valence-electron chi connectivity index (χ2n) is 8.92. The molecule has 0 N–H and O–H groups in total. The molecule has 1 amide bonds. The Morgan fingerprint density at radius 3 is 2.50 bits per heavy atom. The molecule has 160 valence electrons. The first-order chi connectivity index (χ1) is 14.7. The Kier molecular flexibility index (Phi) is 5.79. The van der Waals surface area contributed by atoms with Gasteiger partial charge in [0.2, 0.25) is 5.91 Å². The van der Waals surface area contributed by atoms with Crippen LogP contribution in [0.25, 0.3) is 10.6 Å². The number of amides is 1. The second-order valence-corrected chi connectivity index (χ2v) is 10.0. The Morgan fingerprint density at radius 2 is 1.80 bits per heavy atom. The van der Waals surface area contributed by atoms with Gasteiger partial charge in [0.1, 0.15) is 16.9 Å². The van der Waals surface area contributed by atoms with Crippen molar-refractivity contribution < 1.29 is 9.53 Å². The number of thiazole rings is 1. The summed E-state index contributed by atoms with van der Waals surface area (Å²) in [7, 11) is 0. The van der Waals surface area contributed by atoms with Crippen LogP contribution in [0.5, 0.6) is 5.75 Å². The molecule has 0 atom stereocenters. The third kappa shape index (κ3) is 4.26. The largest absolute Gasteiger partial charge is 0.490 e. The van der Waals surface area contributed by atoms with E-state index in [1.54, 1.807) is 18.3 Å². The topological polar surface area (TPSA) is 45.7 Å². The van der Waals surface area contributed by atoms with Crippen molar-refractivity contribution in [3.05, 3.63) is 34.8 Å². The molecule has 1 saturated carbocycles. The summed E-state index contributed by atoms with van der Waals surface area (Å²) in [4.78, 5) is 22.3. The van der Waals surface area contributed by atoms with Crippen molar-refractivity contribution in [1.82, 2.24) is 14.8 Å². The molecule has 1 aromatic carbocycles. The summed E-state index contributed by atoms with van der Waals surface area (Å²) >= 11 is 1.71. The van der Waals surface area contributed by atoms with Crippen molar-refractivity contribution in [2.45, 2.75) is 70.6 Å². The normalized spacial score (nSPS) is 24.6. The molecule has 5 rings (SSSR count). The number of likely N-dealkylation sites (tertiary alicyclic amines) is 1. The number of ether oxygens (including phenoxy) is 1. The lowest BCUT2D eigenvalue weighted by Gasteiger charge is -2.42. The van der Waals surface area contributed by atoms with E-state index >= 15 is 0 Å². The number of nitrogens with zero attached hydrogens (tertiary/aromatic N) is 3. The molecule has 6 heteroatoms. The minimum Gasteiger partial charge on any atom is -0.490 e. The summed E-state index contributed by atoms with van der Waals surface area (Å²) in [5, 5.41) is 1.04. The molecule has 5 nitrogen and oxygen atoms in total. The number of carbonyl (C=O) groups excluding carboxylic acids is 1. The first-order valence-corrected chi connectivity index (χ1v) is 12.2. The van der Waals surface area contributed by atoms with Crippen LogP contribution in [0.3, 0.4) is 0 Å². The van der Waals surface area contributed by atoms with Gasteiger partial charge in [-0.3, -0.25) is 4.79 Å². The van der Waals surface area contributed by atoms with Gasteiger partial charge in [-0.15, -0.1) is 11.3 Å². The number of fused-ring (bicyclic) bond motifs is 1. The number of benzene rings is 1. The molecule has 2 aliphatic heterocycles. The highest BCUT2D eigenvalue weighted by atomic mass is 32.1. The molecule has 1 saturated heterocycles. The average Bonchev–Trinajstić information content (AvgIpc) is 2.97. The van der Waals surface area contributed by atoms with Crippen LogP contribution >= 0.6 is 11.3 Å². The number of rotatable bonds is 4. The van der Waals surface area contributed by atoms with E-state index in [9.17, 15) is 4.79 Å². The Bertz CT molecular complexity index is 880. The first kappa shape index (κ1) is 20.0. The number of hydrogen-bond donors (Lipinski definition) is 0. The smallest absolute Gasteiger partial charge is 0.219 e. The molecule has 3 aliphatic rings. The lowest BCUT2D eigenvalue weighted by atomic mass is 9.87. The fraction of sp³-hybridized carbons (Fsp3) is 0.583. The van der Waals surface area contributed by atoms with Gasteiger partial charge in [-0.2, -0.15) is 0 Å². The minimum absolute atomic E-state index is 0.145. The van der Waals surface area contributed by atoms with Crippen molar-refractivity contribution in [3.63, 3.8) is 0 Å². The van der Waals surface area contributed by atoms with Gasteiger partial charge in [0.25, 0.3) is 0 Å². The van der Waals surface area contributed by atoms with E-state index in [1.165, 1.54) is 43.6 Å². The van der Waals surface area contributed by atoms with Crippen LogP contribution in [-0.4, -0.2) is 52.5 Å². The van der Waals surface area contributed by atoms with Gasteiger partial charge in [-0.05, 0) is 50.2 Å². The average molecular weight is 426 g/mol. The van der Waals surface area contributed by atoms with Crippen LogP contribution in [0.1, 0.15) is 56.0 Å². The Hall–Kier alpha value is -1.92. The van der Waals surface area contributed by atoms with E-state index in [2.05, 4.69) is 29.2 Å². The highest BCUT2D eigenvalue weighted by Crippen LogP contribution is 2.34. The van der Waals surface area contributed by atoms with Crippen LogP contribution in [-0.2, 0) is 17.8 Å². The van der Waals surface area contributed by atoms with Crippen molar-refractivity contribution >= 4 is 17.2 Å². The summed E-state index contributed by atoms with van der Waals surface area (Å²) in [6.45, 7) is 5.66. The van der Waals surface area contributed by atoms with Crippen molar-refractivity contribution in [3.8, 4) is 16.3 Å². The molecule has 2 fully saturated rings. The van der Waals surface area contributed by atoms with Gasteiger partial charge in [-0.25, -0.2) is 4.98 Å². The van der Waals surface area contributed by atoms with E-state index in [0.29, 0.717) is 12.6 Å². The Morgan fingerprint density at radius 1 is 1.07 bits per heavy atom. The number of aromatic nitrogens is 1. The molecular formula is C24H31N3O2S. The Balaban J connectivity index is 1.17. The molecule has 30 heavy (non-hydrogen) atoms. The molecule has 1 aliphatic carbocycles. The van der Waals surface area contributed by atoms with E-state index in [-0.39, 0.29) is 5.91 Å². The van der Waals surface area contributed by atoms with E-state index in [0.717, 1.165) is 53.9 Å². The standard InChI is InChI=1S/C24H31N3O2S/c1-17(28)27-13-10-22-23(16-27)30-24(25-22)18-6-8-20(9-7-18)29-21-14-19(15-21)26-11-4-2-3-5-12-26/h6-9,19,21H,2-5,10-16H2,1H3. The summed E-state index contributed by atoms with van der Waals surface area (Å²) in [6, 6.07) is 9.12. The van der Waals surface area contributed by atoms with Crippen LogP contribution in [0.4, 0.5) is 0 Å². The molecule has 3 heterocycles. The van der Waals surface area contributed by atoms with Gasteiger partial charge in [-0.1, -0.05) is 12.8 Å². The molecule has 2 aromatic rings. The van der Waals surface area contributed by atoms with E-state index in [4.69, 9.17) is 9.72 Å². The lowest BCUT2D eigenvalue weighted by molar-refractivity contribution is -0.129. The van der Waals surface area contributed by atoms with Gasteiger partial charge in [0.15, 0.2) is 0 Å². The van der Waals surface area contributed by atoms with E-state index in [1.807, 2.05) is 4.90 Å². The fourth-order valence-corrected chi connectivity index (χ4v) is 5.98. The quantitative estimate of drug-likeness (QED) is 0.724. The van der Waals surface area contributed by atoms with Gasteiger partial charge in [0.05, 0.1) is 12.2 Å². The first-order valence-electron chi connectivity index (χ1n) is 11.4. The maximum absolute atomic E-state index is 11.7. The van der Waals surface area contributed by atoms with Crippen LogP contribution in [0.15, 0.2) is 24.3 Å². The zero-order valence-electron chi connectivity index (χ0n) is 17.8. The van der Waals surface area contributed by atoms with E-state index < -0.39 is 0 Å². The Labute approximate surface area is 183 Å². The SMILES string of the molecule is CC(=O)N1CCc2nc(-c3ccc(OC4CC(N5CCCCCC5)C4)cc3)sc2C1. The summed E-state index contributed by atoms with van der Waals surface area (Å²) in [5.41, 5.74) is 2.29. The zero-order chi connectivity index (χ0) is 20.5. The predicted molar refractivity (Wildman–Crippen MR) is 120 cm³/mol.